The topological polar surface area (TPSA) is 66.8 Å². The summed E-state index contributed by atoms with van der Waals surface area (Å²) in [5.74, 6) is -3.01. The van der Waals surface area contributed by atoms with Gasteiger partial charge < -0.3 is 9.84 Å². The van der Waals surface area contributed by atoms with Crippen molar-refractivity contribution in [2.75, 3.05) is 11.4 Å². The number of carbonyl (C=O) groups excluding carboxylic acids is 1. The van der Waals surface area contributed by atoms with E-state index >= 15 is 0 Å². The lowest BCUT2D eigenvalue weighted by Gasteiger charge is -2.21. The fourth-order valence-electron chi connectivity index (χ4n) is 2.09. The summed E-state index contributed by atoms with van der Waals surface area (Å²) in [6.45, 7) is -1.15. The van der Waals surface area contributed by atoms with Gasteiger partial charge in [0.2, 0.25) is 0 Å². The third-order valence-electron chi connectivity index (χ3n) is 3.29. The molecular weight excluding hydrogens is 358 g/mol. The molecule has 0 aliphatic heterocycles. The summed E-state index contributed by atoms with van der Waals surface area (Å²) >= 11 is 0. The van der Waals surface area contributed by atoms with Gasteiger partial charge in [0.1, 0.15) is 19.0 Å². The first-order chi connectivity index (χ1) is 12.2. The Morgan fingerprint density at radius 1 is 1.08 bits per heavy atom. The molecule has 2 rings (SSSR count). The molecule has 0 aliphatic rings. The highest BCUT2D eigenvalue weighted by Gasteiger charge is 2.35. The Labute approximate surface area is 145 Å². The number of anilines is 1. The van der Waals surface area contributed by atoms with E-state index in [4.69, 9.17) is 9.84 Å². The molecule has 0 bridgehead atoms. The average molecular weight is 371 g/mol. The first-order valence-corrected chi connectivity index (χ1v) is 7.25. The standard InChI is InChI=1S/C17H13F4NO4/c18-14-7-6-12(8-13(14)17(19,20)21)22(9-15(23)24)16(25)26-10-11-4-2-1-3-5-11/h1-8H,9-10H2,(H,23,24). The van der Waals surface area contributed by atoms with Crippen molar-refractivity contribution in [2.45, 2.75) is 12.8 Å². The minimum atomic E-state index is -5.00. The van der Waals surface area contributed by atoms with Crippen LogP contribution in [-0.2, 0) is 22.3 Å². The molecule has 26 heavy (non-hydrogen) atoms. The third-order valence-corrected chi connectivity index (χ3v) is 3.29. The lowest BCUT2D eigenvalue weighted by Crippen LogP contribution is -2.36. The number of alkyl halides is 3. The highest BCUT2D eigenvalue weighted by atomic mass is 19.4. The van der Waals surface area contributed by atoms with Crippen molar-refractivity contribution in [1.29, 1.82) is 0 Å². The second kappa shape index (κ2) is 7.85. The maximum Gasteiger partial charge on any atom is 0.419 e. The first kappa shape index (κ1) is 19.2. The van der Waals surface area contributed by atoms with Gasteiger partial charge in [0.15, 0.2) is 0 Å². The van der Waals surface area contributed by atoms with Crippen molar-refractivity contribution in [3.63, 3.8) is 0 Å². The van der Waals surface area contributed by atoms with E-state index in [2.05, 4.69) is 0 Å². The molecule has 2 aromatic rings. The molecule has 0 atom stereocenters. The van der Waals surface area contributed by atoms with E-state index in [0.717, 1.165) is 6.07 Å². The van der Waals surface area contributed by atoms with E-state index < -0.39 is 41.9 Å². The predicted molar refractivity (Wildman–Crippen MR) is 83.0 cm³/mol. The van der Waals surface area contributed by atoms with E-state index in [-0.39, 0.29) is 6.61 Å². The van der Waals surface area contributed by atoms with E-state index in [1.807, 2.05) is 0 Å². The maximum atomic E-state index is 13.4. The zero-order valence-corrected chi connectivity index (χ0v) is 13.2. The fraction of sp³-hybridized carbons (Fsp3) is 0.176. The summed E-state index contributed by atoms with van der Waals surface area (Å²) in [6.07, 6.45) is -6.17. The Balaban J connectivity index is 2.26. The number of hydrogen-bond donors (Lipinski definition) is 1. The van der Waals surface area contributed by atoms with Crippen LogP contribution in [0.5, 0.6) is 0 Å². The second-order valence-electron chi connectivity index (χ2n) is 5.18. The largest absolute Gasteiger partial charge is 0.480 e. The molecule has 0 saturated heterocycles. The number of halogens is 4. The van der Waals surface area contributed by atoms with Crippen LogP contribution in [0.3, 0.4) is 0 Å². The minimum Gasteiger partial charge on any atom is -0.480 e. The zero-order valence-electron chi connectivity index (χ0n) is 13.2. The molecule has 1 N–H and O–H groups in total. The first-order valence-electron chi connectivity index (χ1n) is 7.25. The van der Waals surface area contributed by atoms with Gasteiger partial charge in [-0.15, -0.1) is 0 Å². The summed E-state index contributed by atoms with van der Waals surface area (Å²) in [5.41, 5.74) is -1.45. The number of carbonyl (C=O) groups is 2. The van der Waals surface area contributed by atoms with Crippen LogP contribution in [0.1, 0.15) is 11.1 Å². The molecule has 0 unspecified atom stereocenters. The van der Waals surface area contributed by atoms with Crippen LogP contribution < -0.4 is 4.90 Å². The van der Waals surface area contributed by atoms with Crippen molar-refractivity contribution in [3.8, 4) is 0 Å². The smallest absolute Gasteiger partial charge is 0.419 e. The Bertz CT molecular complexity index is 793. The van der Waals surface area contributed by atoms with Gasteiger partial charge in [0.05, 0.1) is 5.56 Å². The molecule has 2 aromatic carbocycles. The van der Waals surface area contributed by atoms with Crippen LogP contribution >= 0.6 is 0 Å². The average Bonchev–Trinajstić information content (AvgIpc) is 2.58. The number of nitrogens with zero attached hydrogens (tertiary/aromatic N) is 1. The highest BCUT2D eigenvalue weighted by molar-refractivity contribution is 5.93. The van der Waals surface area contributed by atoms with E-state index in [1.165, 1.54) is 0 Å². The molecule has 0 fully saturated rings. The Morgan fingerprint density at radius 2 is 1.73 bits per heavy atom. The molecule has 0 spiro atoms. The van der Waals surface area contributed by atoms with Crippen molar-refractivity contribution < 1.29 is 37.0 Å². The van der Waals surface area contributed by atoms with Crippen molar-refractivity contribution >= 4 is 17.7 Å². The quantitative estimate of drug-likeness (QED) is 0.805. The van der Waals surface area contributed by atoms with Gasteiger partial charge in [-0.1, -0.05) is 30.3 Å². The fourth-order valence-corrected chi connectivity index (χ4v) is 2.09. The molecule has 0 heterocycles. The van der Waals surface area contributed by atoms with E-state index in [9.17, 15) is 27.2 Å². The summed E-state index contributed by atoms with van der Waals surface area (Å²) < 4.78 is 56.8. The Kier molecular flexibility index (Phi) is 5.81. The molecule has 0 saturated carbocycles. The van der Waals surface area contributed by atoms with Gasteiger partial charge in [-0.05, 0) is 23.8 Å². The van der Waals surface area contributed by atoms with Gasteiger partial charge in [-0.25, -0.2) is 9.18 Å². The second-order valence-corrected chi connectivity index (χ2v) is 5.18. The molecule has 1 amide bonds. The SMILES string of the molecule is O=C(O)CN(C(=O)OCc1ccccc1)c1ccc(F)c(C(F)(F)F)c1. The van der Waals surface area contributed by atoms with Crippen LogP contribution in [0.4, 0.5) is 28.0 Å². The molecule has 0 aromatic heterocycles. The molecular formula is C17H13F4NO4. The molecule has 5 nitrogen and oxygen atoms in total. The molecule has 0 aliphatic carbocycles. The number of carboxylic acids is 1. The minimum absolute atomic E-state index is 0.205. The third kappa shape index (κ3) is 4.95. The summed E-state index contributed by atoms with van der Waals surface area (Å²) in [4.78, 5) is 23.6. The monoisotopic (exact) mass is 371 g/mol. The number of amides is 1. The highest BCUT2D eigenvalue weighted by Crippen LogP contribution is 2.34. The number of rotatable bonds is 5. The Morgan fingerprint density at radius 3 is 2.31 bits per heavy atom. The summed E-state index contributed by atoms with van der Waals surface area (Å²) in [7, 11) is 0. The maximum absolute atomic E-state index is 13.4. The van der Waals surface area contributed by atoms with Gasteiger partial charge in [-0.2, -0.15) is 13.2 Å². The van der Waals surface area contributed by atoms with Gasteiger partial charge in [0.25, 0.3) is 0 Å². The van der Waals surface area contributed by atoms with Crippen LogP contribution in [0.2, 0.25) is 0 Å². The zero-order chi connectivity index (χ0) is 19.3. The van der Waals surface area contributed by atoms with Crippen LogP contribution in [-0.4, -0.2) is 23.7 Å². The van der Waals surface area contributed by atoms with Gasteiger partial charge in [0, 0.05) is 5.69 Å². The molecule has 0 radical (unpaired) electrons. The molecule has 9 heteroatoms. The van der Waals surface area contributed by atoms with Gasteiger partial charge >= 0.3 is 18.2 Å². The van der Waals surface area contributed by atoms with Crippen molar-refractivity contribution in [1.82, 2.24) is 0 Å². The van der Waals surface area contributed by atoms with Crippen LogP contribution in [0.25, 0.3) is 0 Å². The Hall–Kier alpha value is -3.10. The normalized spacial score (nSPS) is 11.1. The van der Waals surface area contributed by atoms with E-state index in [0.29, 0.717) is 22.6 Å². The number of ether oxygens (including phenoxy) is 1. The predicted octanol–water partition coefficient (Wildman–Crippen LogP) is 4.07. The molecule has 138 valence electrons. The number of aliphatic carboxylic acids is 1. The van der Waals surface area contributed by atoms with Crippen molar-refractivity contribution in [2.24, 2.45) is 0 Å². The number of carboxylic acid groups (broad SMARTS) is 1. The summed E-state index contributed by atoms with van der Waals surface area (Å²) in [6, 6.07) is 10.2. The number of benzene rings is 2. The van der Waals surface area contributed by atoms with Crippen LogP contribution in [0, 0.1) is 5.82 Å². The number of hydrogen-bond acceptors (Lipinski definition) is 3. The summed E-state index contributed by atoms with van der Waals surface area (Å²) in [5, 5.41) is 8.92. The van der Waals surface area contributed by atoms with E-state index in [1.54, 1.807) is 30.3 Å². The van der Waals surface area contributed by atoms with Crippen LogP contribution in [0.15, 0.2) is 48.5 Å². The van der Waals surface area contributed by atoms with Crippen molar-refractivity contribution in [3.05, 3.63) is 65.5 Å². The lowest BCUT2D eigenvalue weighted by molar-refractivity contribution is -0.140. The van der Waals surface area contributed by atoms with Gasteiger partial charge in [-0.3, -0.25) is 9.69 Å². The lowest BCUT2D eigenvalue weighted by atomic mass is 10.1.